The Hall–Kier alpha value is -4.71. The molecule has 0 saturated carbocycles. The number of aliphatic carboxylic acids is 1. The first kappa shape index (κ1) is 37.1. The van der Waals surface area contributed by atoms with Crippen molar-refractivity contribution in [2.45, 2.75) is 50.2 Å². The van der Waals surface area contributed by atoms with E-state index in [2.05, 4.69) is 20.1 Å². The first-order valence-corrected chi connectivity index (χ1v) is 16.6. The normalized spacial score (nSPS) is 18.6. The van der Waals surface area contributed by atoms with Crippen LogP contribution in [0.5, 0.6) is 0 Å². The molecule has 5 heterocycles. The number of ether oxygens (including phenoxy) is 1. The maximum atomic E-state index is 13.9. The molecule has 2 atom stereocenters. The van der Waals surface area contributed by atoms with Crippen LogP contribution < -0.4 is 14.7 Å². The highest BCUT2D eigenvalue weighted by Gasteiger charge is 2.41. The largest absolute Gasteiger partial charge is 0.481 e. The van der Waals surface area contributed by atoms with Gasteiger partial charge in [0.05, 0.1) is 48.1 Å². The number of nitrogens with zero attached hydrogens (tertiary/aromatic N) is 9. The summed E-state index contributed by atoms with van der Waals surface area (Å²) in [5.74, 6) is -0.551. The summed E-state index contributed by atoms with van der Waals surface area (Å²) < 4.78 is 90.2. The van der Waals surface area contributed by atoms with E-state index in [0.29, 0.717) is 67.4 Å². The van der Waals surface area contributed by atoms with Crippen LogP contribution in [0.15, 0.2) is 49.2 Å². The van der Waals surface area contributed by atoms with Gasteiger partial charge in [-0.1, -0.05) is 11.6 Å². The van der Waals surface area contributed by atoms with E-state index in [9.17, 15) is 36.2 Å². The van der Waals surface area contributed by atoms with Gasteiger partial charge in [0, 0.05) is 70.1 Å². The molecule has 12 nitrogen and oxygen atoms in total. The summed E-state index contributed by atoms with van der Waals surface area (Å²) in [6, 6.07) is 0.559. The van der Waals surface area contributed by atoms with Gasteiger partial charge >= 0.3 is 18.3 Å². The molecule has 2 saturated heterocycles. The highest BCUT2D eigenvalue weighted by molar-refractivity contribution is 6.32. The lowest BCUT2D eigenvalue weighted by Gasteiger charge is -2.32. The van der Waals surface area contributed by atoms with Crippen LogP contribution in [0.25, 0.3) is 11.1 Å². The lowest BCUT2D eigenvalue weighted by atomic mass is 9.97. The second kappa shape index (κ2) is 14.7. The number of carboxylic acid groups (broad SMARTS) is 1. The molecule has 0 aliphatic carbocycles. The Bertz CT molecular complexity index is 1850. The number of piperidine rings is 1. The smallest absolute Gasteiger partial charge is 0.416 e. The van der Waals surface area contributed by atoms with Gasteiger partial charge < -0.3 is 24.5 Å². The molecule has 52 heavy (non-hydrogen) atoms. The van der Waals surface area contributed by atoms with E-state index < -0.39 is 48.0 Å². The van der Waals surface area contributed by atoms with Gasteiger partial charge in [0.1, 0.15) is 5.02 Å². The average molecular weight is 754 g/mol. The summed E-state index contributed by atoms with van der Waals surface area (Å²) in [6.45, 7) is 0.799. The SMILES string of the molecule is COCC1C[C@H](N(Cc2cc(C(F)(F)F)cc(C(F)(F)F)c2)c2ncc(-c3cnn(C)c3)cn2)CN1c1nc(N2CCC(C(=O)O)CC2)ncc1Cl. The summed E-state index contributed by atoms with van der Waals surface area (Å²) in [4.78, 5) is 35.0. The molecule has 2 aliphatic heterocycles. The minimum absolute atomic E-state index is 0.0809. The van der Waals surface area contributed by atoms with Crippen LogP contribution in [0, 0.1) is 5.92 Å². The van der Waals surface area contributed by atoms with Crippen LogP contribution in [0.2, 0.25) is 5.02 Å². The summed E-state index contributed by atoms with van der Waals surface area (Å²) >= 11 is 6.66. The maximum Gasteiger partial charge on any atom is 0.416 e. The molecule has 0 radical (unpaired) electrons. The maximum absolute atomic E-state index is 13.9. The van der Waals surface area contributed by atoms with Gasteiger partial charge in [-0.15, -0.1) is 0 Å². The summed E-state index contributed by atoms with van der Waals surface area (Å²) in [6.07, 6.45) is -1.08. The van der Waals surface area contributed by atoms with Crippen LogP contribution in [0.3, 0.4) is 0 Å². The number of halogens is 7. The summed E-state index contributed by atoms with van der Waals surface area (Å²) in [5.41, 5.74) is -1.78. The second-order valence-electron chi connectivity index (χ2n) is 12.8. The molecular weight excluding hydrogens is 720 g/mol. The molecule has 1 aromatic carbocycles. The Labute approximate surface area is 299 Å². The Kier molecular flexibility index (Phi) is 10.5. The van der Waals surface area contributed by atoms with Gasteiger partial charge in [0.25, 0.3) is 0 Å². The number of carbonyl (C=O) groups is 1. The third-order valence-electron chi connectivity index (χ3n) is 9.24. The number of carboxylic acids is 1. The molecule has 1 unspecified atom stereocenters. The van der Waals surface area contributed by atoms with Crippen molar-refractivity contribution in [3.05, 3.63) is 70.9 Å². The number of alkyl halides is 6. The fourth-order valence-corrected chi connectivity index (χ4v) is 6.82. The molecule has 3 aromatic heterocycles. The molecule has 4 aromatic rings. The third-order valence-corrected chi connectivity index (χ3v) is 9.50. The Balaban J connectivity index is 1.36. The minimum atomic E-state index is -5.03. The van der Waals surface area contributed by atoms with Gasteiger partial charge in [-0.3, -0.25) is 9.48 Å². The van der Waals surface area contributed by atoms with Gasteiger partial charge in [-0.25, -0.2) is 15.0 Å². The summed E-state index contributed by atoms with van der Waals surface area (Å²) in [5, 5.41) is 13.8. The van der Waals surface area contributed by atoms with E-state index in [1.165, 1.54) is 25.7 Å². The number of aryl methyl sites for hydroxylation is 1. The molecule has 2 aliphatic rings. The first-order chi connectivity index (χ1) is 24.6. The monoisotopic (exact) mass is 753 g/mol. The molecule has 0 bridgehead atoms. The Morgan fingerprint density at radius 3 is 2.19 bits per heavy atom. The standard InChI is InChI=1S/C33H34ClF6N9O3/c1-46-16-22(13-44-46)21-11-41-30(42-12-21)49(15-19-7-23(32(35,36)37)9-24(8-19)33(38,39)40)25-10-26(18-52-2)48(17-25)28-27(34)14-43-31(45-28)47-5-3-20(4-6-47)29(50)51/h7-9,11-14,16,20,25-26H,3-6,10,15,17-18H2,1-2H3,(H,50,51)/t25-,26?/m0/s1. The predicted molar refractivity (Wildman–Crippen MR) is 178 cm³/mol. The first-order valence-electron chi connectivity index (χ1n) is 16.2. The second-order valence-corrected chi connectivity index (χ2v) is 13.2. The van der Waals surface area contributed by atoms with E-state index in [1.54, 1.807) is 29.0 Å². The van der Waals surface area contributed by atoms with E-state index in [0.717, 1.165) is 0 Å². The molecule has 19 heteroatoms. The molecule has 1 N–H and O–H groups in total. The average Bonchev–Trinajstić information content (AvgIpc) is 3.73. The van der Waals surface area contributed by atoms with Crippen molar-refractivity contribution in [2.75, 3.05) is 48.1 Å². The molecule has 0 amide bonds. The topological polar surface area (TPSA) is 126 Å². The summed E-state index contributed by atoms with van der Waals surface area (Å²) in [7, 11) is 3.24. The van der Waals surface area contributed by atoms with Crippen molar-refractivity contribution in [1.82, 2.24) is 29.7 Å². The highest BCUT2D eigenvalue weighted by atomic mass is 35.5. The third kappa shape index (κ3) is 8.17. The number of hydrogen-bond donors (Lipinski definition) is 1. The fraction of sp³-hybridized carbons (Fsp3) is 0.455. The van der Waals surface area contributed by atoms with Gasteiger partial charge in [-0.2, -0.15) is 36.4 Å². The number of anilines is 3. The van der Waals surface area contributed by atoms with E-state index in [1.807, 2.05) is 9.80 Å². The highest BCUT2D eigenvalue weighted by Crippen LogP contribution is 2.39. The van der Waals surface area contributed by atoms with Crippen LogP contribution in [-0.4, -0.2) is 86.2 Å². The van der Waals surface area contributed by atoms with Crippen molar-refractivity contribution in [3.63, 3.8) is 0 Å². The number of benzene rings is 1. The zero-order valence-electron chi connectivity index (χ0n) is 27.9. The number of hydrogen-bond acceptors (Lipinski definition) is 10. The van der Waals surface area contributed by atoms with Crippen LogP contribution in [0.1, 0.15) is 36.0 Å². The minimum Gasteiger partial charge on any atom is -0.481 e. The number of rotatable bonds is 10. The number of aromatic nitrogens is 6. The molecular formula is C33H34ClF6N9O3. The van der Waals surface area contributed by atoms with E-state index in [-0.39, 0.29) is 41.8 Å². The van der Waals surface area contributed by atoms with Gasteiger partial charge in [0.2, 0.25) is 11.9 Å². The molecule has 278 valence electrons. The van der Waals surface area contributed by atoms with Crippen molar-refractivity contribution >= 4 is 35.3 Å². The van der Waals surface area contributed by atoms with Crippen molar-refractivity contribution in [2.24, 2.45) is 13.0 Å². The zero-order valence-corrected chi connectivity index (χ0v) is 28.7. The van der Waals surface area contributed by atoms with Crippen LogP contribution in [0.4, 0.5) is 44.1 Å². The van der Waals surface area contributed by atoms with Crippen LogP contribution in [-0.2, 0) is 35.5 Å². The van der Waals surface area contributed by atoms with Gasteiger partial charge in [-0.05, 0) is 43.0 Å². The van der Waals surface area contributed by atoms with Gasteiger partial charge in [0.15, 0.2) is 5.82 Å². The lowest BCUT2D eigenvalue weighted by Crippen LogP contribution is -2.40. The molecule has 0 spiro atoms. The van der Waals surface area contributed by atoms with Crippen molar-refractivity contribution < 1.29 is 41.0 Å². The van der Waals surface area contributed by atoms with E-state index in [4.69, 9.17) is 21.3 Å². The fourth-order valence-electron chi connectivity index (χ4n) is 6.62. The molecule has 2 fully saturated rings. The molecule has 6 rings (SSSR count). The Morgan fingerprint density at radius 2 is 1.63 bits per heavy atom. The number of methoxy groups -OCH3 is 1. The predicted octanol–water partition coefficient (Wildman–Crippen LogP) is 5.96. The van der Waals surface area contributed by atoms with Crippen molar-refractivity contribution in [3.8, 4) is 11.1 Å². The van der Waals surface area contributed by atoms with Crippen LogP contribution >= 0.6 is 11.6 Å². The Morgan fingerprint density at radius 1 is 0.981 bits per heavy atom. The quantitative estimate of drug-likeness (QED) is 0.193. The zero-order chi connectivity index (χ0) is 37.4. The lowest BCUT2D eigenvalue weighted by molar-refractivity contribution is -0.144. The van der Waals surface area contributed by atoms with E-state index >= 15 is 0 Å². The van der Waals surface area contributed by atoms with Crippen molar-refractivity contribution in [1.29, 1.82) is 0 Å².